The van der Waals surface area contributed by atoms with Gasteiger partial charge in [0.2, 0.25) is 0 Å². The summed E-state index contributed by atoms with van der Waals surface area (Å²) in [6, 6.07) is 8.89. The summed E-state index contributed by atoms with van der Waals surface area (Å²) >= 11 is 0. The molecule has 0 heterocycles. The first-order valence-corrected chi connectivity index (χ1v) is 6.15. The van der Waals surface area contributed by atoms with E-state index in [1.54, 1.807) is 19.9 Å². The maximum Gasteiger partial charge on any atom is 0.335 e. The predicted molar refractivity (Wildman–Crippen MR) is 76.0 cm³/mol. The lowest BCUT2D eigenvalue weighted by molar-refractivity contribution is -0.385. The lowest BCUT2D eigenvalue weighted by atomic mass is 10.1. The van der Waals surface area contributed by atoms with Gasteiger partial charge in [-0.2, -0.15) is 0 Å². The smallest absolute Gasteiger partial charge is 0.335 e. The van der Waals surface area contributed by atoms with Crippen LogP contribution in [-0.2, 0) is 0 Å². The van der Waals surface area contributed by atoms with E-state index >= 15 is 0 Å². The van der Waals surface area contributed by atoms with Gasteiger partial charge in [0.25, 0.3) is 5.69 Å². The van der Waals surface area contributed by atoms with Gasteiger partial charge in [0, 0.05) is 5.56 Å². The van der Waals surface area contributed by atoms with E-state index in [1.807, 2.05) is 0 Å². The fourth-order valence-corrected chi connectivity index (χ4v) is 1.92. The molecular weight excluding hydrogens is 274 g/mol. The Hall–Kier alpha value is -2.89. The Morgan fingerprint density at radius 2 is 1.76 bits per heavy atom. The quantitative estimate of drug-likeness (QED) is 0.684. The van der Waals surface area contributed by atoms with E-state index in [0.717, 1.165) is 5.56 Å². The Kier molecular flexibility index (Phi) is 3.89. The van der Waals surface area contributed by atoms with Crippen LogP contribution in [0.2, 0.25) is 0 Å². The number of hydrogen-bond donors (Lipinski definition) is 1. The summed E-state index contributed by atoms with van der Waals surface area (Å²) in [5, 5.41) is 19.8. The summed E-state index contributed by atoms with van der Waals surface area (Å²) in [4.78, 5) is 21.2. The largest absolute Gasteiger partial charge is 0.478 e. The molecule has 6 nitrogen and oxygen atoms in total. The molecule has 0 fully saturated rings. The molecule has 0 saturated heterocycles. The van der Waals surface area contributed by atoms with Gasteiger partial charge in [-0.3, -0.25) is 10.1 Å². The molecule has 0 spiro atoms. The normalized spacial score (nSPS) is 10.2. The standard InChI is InChI=1S/C15H13NO5/c1-9-7-10(2)14(8-13(9)16(19)20)21-12-5-3-11(4-6-12)15(17)18/h3-8H,1-2H3,(H,17,18). The van der Waals surface area contributed by atoms with Gasteiger partial charge in [0.1, 0.15) is 11.5 Å². The van der Waals surface area contributed by atoms with Gasteiger partial charge in [-0.1, -0.05) is 0 Å². The van der Waals surface area contributed by atoms with Gasteiger partial charge >= 0.3 is 5.97 Å². The van der Waals surface area contributed by atoms with Crippen molar-refractivity contribution in [1.82, 2.24) is 0 Å². The van der Waals surface area contributed by atoms with Gasteiger partial charge in [-0.25, -0.2) is 4.79 Å². The van der Waals surface area contributed by atoms with Crippen molar-refractivity contribution < 1.29 is 19.6 Å². The highest BCUT2D eigenvalue weighted by Gasteiger charge is 2.15. The molecule has 0 saturated carbocycles. The molecule has 2 aromatic carbocycles. The van der Waals surface area contributed by atoms with E-state index in [2.05, 4.69) is 0 Å². The lowest BCUT2D eigenvalue weighted by Gasteiger charge is -2.10. The molecule has 1 N–H and O–H groups in total. The van der Waals surface area contributed by atoms with Gasteiger partial charge in [0.05, 0.1) is 16.6 Å². The number of carbonyl (C=O) groups is 1. The van der Waals surface area contributed by atoms with Crippen LogP contribution in [0.4, 0.5) is 5.69 Å². The second-order valence-electron chi connectivity index (χ2n) is 4.59. The highest BCUT2D eigenvalue weighted by atomic mass is 16.6. The third-order valence-corrected chi connectivity index (χ3v) is 3.02. The number of hydrogen-bond acceptors (Lipinski definition) is 4. The zero-order valence-electron chi connectivity index (χ0n) is 11.5. The molecule has 0 aromatic heterocycles. The highest BCUT2D eigenvalue weighted by Crippen LogP contribution is 2.31. The van der Waals surface area contributed by atoms with Crippen molar-refractivity contribution in [3.05, 3.63) is 63.2 Å². The number of benzene rings is 2. The predicted octanol–water partition coefficient (Wildman–Crippen LogP) is 3.70. The minimum atomic E-state index is -1.02. The molecule has 0 unspecified atom stereocenters. The molecule has 2 rings (SSSR count). The number of ether oxygens (including phenoxy) is 1. The Morgan fingerprint density at radius 1 is 1.14 bits per heavy atom. The molecule has 0 amide bonds. The SMILES string of the molecule is Cc1cc(C)c([N+](=O)[O-])cc1Oc1ccc(C(=O)O)cc1. The molecule has 0 aliphatic heterocycles. The molecule has 0 bridgehead atoms. The monoisotopic (exact) mass is 287 g/mol. The van der Waals surface area contributed by atoms with Crippen LogP contribution in [0.1, 0.15) is 21.5 Å². The van der Waals surface area contributed by atoms with Gasteiger partial charge in [-0.05, 0) is 49.7 Å². The molecule has 0 aliphatic rings. The van der Waals surface area contributed by atoms with E-state index in [0.29, 0.717) is 17.1 Å². The molecular formula is C15H13NO5. The summed E-state index contributed by atoms with van der Waals surface area (Å²) in [5.74, 6) is -0.236. The van der Waals surface area contributed by atoms with Gasteiger partial charge in [-0.15, -0.1) is 0 Å². The average Bonchev–Trinajstić information content (AvgIpc) is 2.42. The van der Waals surface area contributed by atoms with Crippen molar-refractivity contribution in [3.8, 4) is 11.5 Å². The van der Waals surface area contributed by atoms with Gasteiger partial charge < -0.3 is 9.84 Å². The van der Waals surface area contributed by atoms with E-state index in [4.69, 9.17) is 9.84 Å². The third kappa shape index (κ3) is 3.17. The number of nitro groups is 1. The number of nitrogens with zero attached hydrogens (tertiary/aromatic N) is 1. The van der Waals surface area contributed by atoms with Crippen LogP contribution in [0.25, 0.3) is 0 Å². The van der Waals surface area contributed by atoms with Crippen molar-refractivity contribution >= 4 is 11.7 Å². The molecule has 108 valence electrons. The molecule has 2 aromatic rings. The van der Waals surface area contributed by atoms with Crippen molar-refractivity contribution in [1.29, 1.82) is 0 Å². The molecule has 0 atom stereocenters. The van der Waals surface area contributed by atoms with Crippen molar-refractivity contribution in [2.75, 3.05) is 0 Å². The average molecular weight is 287 g/mol. The molecule has 6 heteroatoms. The number of carboxylic acids is 1. The summed E-state index contributed by atoms with van der Waals surface area (Å²) in [6.07, 6.45) is 0. The maximum absolute atomic E-state index is 10.9. The second-order valence-corrected chi connectivity index (χ2v) is 4.59. The lowest BCUT2D eigenvalue weighted by Crippen LogP contribution is -1.97. The minimum Gasteiger partial charge on any atom is -0.478 e. The molecule has 0 radical (unpaired) electrons. The van der Waals surface area contributed by atoms with Crippen LogP contribution in [-0.4, -0.2) is 16.0 Å². The Labute approximate surface area is 120 Å². The number of rotatable bonds is 4. The fourth-order valence-electron chi connectivity index (χ4n) is 1.92. The second kappa shape index (κ2) is 5.62. The van der Waals surface area contributed by atoms with Crippen molar-refractivity contribution in [2.24, 2.45) is 0 Å². The first-order valence-electron chi connectivity index (χ1n) is 6.15. The van der Waals surface area contributed by atoms with Crippen LogP contribution in [0.5, 0.6) is 11.5 Å². The number of carboxylic acid groups (broad SMARTS) is 1. The zero-order chi connectivity index (χ0) is 15.6. The first kappa shape index (κ1) is 14.5. The Balaban J connectivity index is 2.32. The van der Waals surface area contributed by atoms with E-state index in [1.165, 1.54) is 30.3 Å². The number of aryl methyl sites for hydroxylation is 2. The Bertz CT molecular complexity index is 707. The van der Waals surface area contributed by atoms with E-state index in [9.17, 15) is 14.9 Å². The van der Waals surface area contributed by atoms with Gasteiger partial charge in [0.15, 0.2) is 0 Å². The van der Waals surface area contributed by atoms with E-state index in [-0.39, 0.29) is 11.3 Å². The van der Waals surface area contributed by atoms with Crippen LogP contribution >= 0.6 is 0 Å². The van der Waals surface area contributed by atoms with Crippen molar-refractivity contribution in [3.63, 3.8) is 0 Å². The fraction of sp³-hybridized carbons (Fsp3) is 0.133. The minimum absolute atomic E-state index is 0.0160. The summed E-state index contributed by atoms with van der Waals surface area (Å²) in [6.45, 7) is 3.45. The zero-order valence-corrected chi connectivity index (χ0v) is 11.5. The Morgan fingerprint density at radius 3 is 2.29 bits per heavy atom. The van der Waals surface area contributed by atoms with Crippen LogP contribution in [0, 0.1) is 24.0 Å². The van der Waals surface area contributed by atoms with Crippen LogP contribution in [0.3, 0.4) is 0 Å². The summed E-state index contributed by atoms with van der Waals surface area (Å²) in [7, 11) is 0. The van der Waals surface area contributed by atoms with Crippen LogP contribution in [0.15, 0.2) is 36.4 Å². The first-order chi connectivity index (χ1) is 9.88. The van der Waals surface area contributed by atoms with Crippen LogP contribution < -0.4 is 4.74 Å². The number of aromatic carboxylic acids is 1. The summed E-state index contributed by atoms with van der Waals surface area (Å²) in [5.41, 5.74) is 1.46. The molecule has 21 heavy (non-hydrogen) atoms. The van der Waals surface area contributed by atoms with E-state index < -0.39 is 10.9 Å². The third-order valence-electron chi connectivity index (χ3n) is 3.02. The summed E-state index contributed by atoms with van der Waals surface area (Å²) < 4.78 is 5.59. The topological polar surface area (TPSA) is 89.7 Å². The number of nitro benzene ring substituents is 1. The highest BCUT2D eigenvalue weighted by molar-refractivity contribution is 5.87. The molecule has 0 aliphatic carbocycles. The maximum atomic E-state index is 10.9. The van der Waals surface area contributed by atoms with Crippen molar-refractivity contribution in [2.45, 2.75) is 13.8 Å².